The summed E-state index contributed by atoms with van der Waals surface area (Å²) in [5.41, 5.74) is 2.53. The summed E-state index contributed by atoms with van der Waals surface area (Å²) in [6.07, 6.45) is 3.68. The number of piperidine rings is 1. The minimum absolute atomic E-state index is 0.0122. The summed E-state index contributed by atoms with van der Waals surface area (Å²) in [5, 5.41) is 24.8. The van der Waals surface area contributed by atoms with Gasteiger partial charge in [-0.2, -0.15) is 10.5 Å². The molecule has 2 aromatic rings. The third-order valence-electron chi connectivity index (χ3n) is 5.74. The van der Waals surface area contributed by atoms with Crippen LogP contribution in [0.2, 0.25) is 0 Å². The van der Waals surface area contributed by atoms with Crippen LogP contribution in [0.4, 0.5) is 0 Å². The summed E-state index contributed by atoms with van der Waals surface area (Å²) in [6, 6.07) is 15.5. The molecular weight excluding hydrogens is 436 g/mol. The maximum atomic E-state index is 12.6. The van der Waals surface area contributed by atoms with Crippen molar-refractivity contribution < 1.29 is 13.2 Å². The van der Waals surface area contributed by atoms with E-state index in [-0.39, 0.29) is 28.2 Å². The summed E-state index contributed by atoms with van der Waals surface area (Å²) >= 11 is 0. The molecule has 8 heteroatoms. The average molecular weight is 465 g/mol. The molecule has 0 saturated carbocycles. The summed E-state index contributed by atoms with van der Waals surface area (Å²) in [5.74, 6) is -0.155. The Labute approximate surface area is 195 Å². The summed E-state index contributed by atoms with van der Waals surface area (Å²) in [4.78, 5) is 12.5. The first-order chi connectivity index (χ1) is 15.9. The van der Waals surface area contributed by atoms with Gasteiger partial charge in [0.25, 0.3) is 0 Å². The standard InChI is InChI=1S/C25H28N4O3S/c1-2-13-33(31,32)24-15-20(10-11-21(24)16-26)19-8-6-18(7-9-19)14-22(17-27)29-25(30)23-5-3-4-12-28-23/h6-11,15,22-23,28H,2-5,12-14H2,1H3,(H,29,30)/t22-,23-/m0/s1. The fraction of sp³-hybridized carbons (Fsp3) is 0.400. The van der Waals surface area contributed by atoms with Crippen LogP contribution in [0.1, 0.15) is 43.7 Å². The van der Waals surface area contributed by atoms with Gasteiger partial charge in [0.2, 0.25) is 5.91 Å². The molecule has 1 aliphatic rings. The van der Waals surface area contributed by atoms with Crippen molar-refractivity contribution >= 4 is 15.7 Å². The second kappa shape index (κ2) is 11.1. The number of hydrogen-bond acceptors (Lipinski definition) is 6. The van der Waals surface area contributed by atoms with E-state index in [2.05, 4.69) is 16.7 Å². The van der Waals surface area contributed by atoms with Crippen molar-refractivity contribution in [3.8, 4) is 23.3 Å². The Hall–Kier alpha value is -3.20. The molecule has 2 atom stereocenters. The van der Waals surface area contributed by atoms with Gasteiger partial charge in [0.1, 0.15) is 12.1 Å². The largest absolute Gasteiger partial charge is 0.339 e. The van der Waals surface area contributed by atoms with Gasteiger partial charge in [0, 0.05) is 6.42 Å². The lowest BCUT2D eigenvalue weighted by Crippen LogP contribution is -2.49. The number of sulfone groups is 1. The summed E-state index contributed by atoms with van der Waals surface area (Å²) < 4.78 is 25.2. The Morgan fingerprint density at radius 3 is 2.48 bits per heavy atom. The van der Waals surface area contributed by atoms with Crippen LogP contribution in [-0.4, -0.2) is 38.7 Å². The van der Waals surface area contributed by atoms with Crippen molar-refractivity contribution in [2.24, 2.45) is 0 Å². The van der Waals surface area contributed by atoms with Crippen LogP contribution in [-0.2, 0) is 21.1 Å². The lowest BCUT2D eigenvalue weighted by Gasteiger charge is -2.23. The number of nitrogens with zero attached hydrogens (tertiary/aromatic N) is 2. The number of nitriles is 2. The third-order valence-corrected chi connectivity index (χ3v) is 7.69. The van der Waals surface area contributed by atoms with E-state index in [4.69, 9.17) is 0 Å². The van der Waals surface area contributed by atoms with Gasteiger partial charge in [-0.15, -0.1) is 0 Å². The molecular formula is C25H28N4O3S. The van der Waals surface area contributed by atoms with Gasteiger partial charge in [0.15, 0.2) is 9.84 Å². The molecule has 0 bridgehead atoms. The molecule has 0 radical (unpaired) electrons. The van der Waals surface area contributed by atoms with Gasteiger partial charge < -0.3 is 10.6 Å². The number of rotatable bonds is 8. The van der Waals surface area contributed by atoms with E-state index in [1.165, 1.54) is 6.07 Å². The van der Waals surface area contributed by atoms with Crippen LogP contribution in [0.5, 0.6) is 0 Å². The van der Waals surface area contributed by atoms with E-state index in [0.29, 0.717) is 18.4 Å². The molecule has 1 aliphatic heterocycles. The van der Waals surface area contributed by atoms with Crippen LogP contribution >= 0.6 is 0 Å². The molecule has 7 nitrogen and oxygen atoms in total. The van der Waals surface area contributed by atoms with Crippen molar-refractivity contribution in [3.05, 3.63) is 53.6 Å². The molecule has 1 heterocycles. The second-order valence-electron chi connectivity index (χ2n) is 8.24. The van der Waals surface area contributed by atoms with Crippen molar-refractivity contribution in [1.29, 1.82) is 10.5 Å². The molecule has 0 aromatic heterocycles. The molecule has 2 N–H and O–H groups in total. The SMILES string of the molecule is CCCS(=O)(=O)c1cc(-c2ccc(C[C@@H](C#N)NC(=O)[C@@H]3CCCCN3)cc2)ccc1C#N. The minimum Gasteiger partial charge on any atom is -0.339 e. The summed E-state index contributed by atoms with van der Waals surface area (Å²) in [7, 11) is -3.54. The van der Waals surface area contributed by atoms with Crippen LogP contribution in [0, 0.1) is 22.7 Å². The van der Waals surface area contributed by atoms with Crippen molar-refractivity contribution in [2.45, 2.75) is 56.0 Å². The number of benzene rings is 2. The number of amides is 1. The molecule has 33 heavy (non-hydrogen) atoms. The fourth-order valence-electron chi connectivity index (χ4n) is 3.98. The lowest BCUT2D eigenvalue weighted by molar-refractivity contribution is -0.124. The Balaban J connectivity index is 1.74. The van der Waals surface area contributed by atoms with Gasteiger partial charge >= 0.3 is 0 Å². The van der Waals surface area contributed by atoms with Crippen molar-refractivity contribution in [3.63, 3.8) is 0 Å². The number of nitrogens with one attached hydrogen (secondary N) is 2. The first-order valence-electron chi connectivity index (χ1n) is 11.2. The maximum Gasteiger partial charge on any atom is 0.238 e. The Kier molecular flexibility index (Phi) is 8.21. The zero-order valence-electron chi connectivity index (χ0n) is 18.7. The van der Waals surface area contributed by atoms with E-state index >= 15 is 0 Å². The molecule has 172 valence electrons. The van der Waals surface area contributed by atoms with Gasteiger partial charge in [-0.05, 0) is 54.6 Å². The molecule has 1 saturated heterocycles. The molecule has 3 rings (SSSR count). The van der Waals surface area contributed by atoms with Crippen LogP contribution < -0.4 is 10.6 Å². The third kappa shape index (κ3) is 6.19. The Morgan fingerprint density at radius 1 is 1.15 bits per heavy atom. The van der Waals surface area contributed by atoms with Crippen LogP contribution in [0.3, 0.4) is 0 Å². The number of carbonyl (C=O) groups excluding carboxylic acids is 1. The fourth-order valence-corrected chi connectivity index (χ4v) is 5.49. The van der Waals surface area contributed by atoms with E-state index < -0.39 is 15.9 Å². The molecule has 2 aromatic carbocycles. The average Bonchev–Trinajstić information content (AvgIpc) is 2.84. The van der Waals surface area contributed by atoms with Gasteiger partial charge in [0.05, 0.1) is 28.3 Å². The van der Waals surface area contributed by atoms with Gasteiger partial charge in [-0.3, -0.25) is 4.79 Å². The number of hydrogen-bond donors (Lipinski definition) is 2. The van der Waals surface area contributed by atoms with E-state index in [9.17, 15) is 23.7 Å². The monoisotopic (exact) mass is 464 g/mol. The predicted octanol–water partition coefficient (Wildman–Crippen LogP) is 3.10. The Bertz CT molecular complexity index is 1170. The van der Waals surface area contributed by atoms with E-state index in [1.807, 2.05) is 30.3 Å². The maximum absolute atomic E-state index is 12.6. The molecule has 0 aliphatic carbocycles. The smallest absolute Gasteiger partial charge is 0.238 e. The van der Waals surface area contributed by atoms with Crippen LogP contribution in [0.15, 0.2) is 47.4 Å². The zero-order valence-corrected chi connectivity index (χ0v) is 19.5. The van der Waals surface area contributed by atoms with E-state index in [1.54, 1.807) is 19.1 Å². The van der Waals surface area contributed by atoms with E-state index in [0.717, 1.165) is 36.9 Å². The highest BCUT2D eigenvalue weighted by atomic mass is 32.2. The first-order valence-corrected chi connectivity index (χ1v) is 12.8. The molecule has 0 spiro atoms. The molecule has 1 amide bonds. The van der Waals surface area contributed by atoms with Crippen molar-refractivity contribution in [1.82, 2.24) is 10.6 Å². The highest BCUT2D eigenvalue weighted by molar-refractivity contribution is 7.91. The van der Waals surface area contributed by atoms with Crippen molar-refractivity contribution in [2.75, 3.05) is 12.3 Å². The number of carbonyl (C=O) groups is 1. The molecule has 1 fully saturated rings. The summed E-state index contributed by atoms with van der Waals surface area (Å²) in [6.45, 7) is 2.60. The lowest BCUT2D eigenvalue weighted by atomic mass is 9.99. The Morgan fingerprint density at radius 2 is 1.88 bits per heavy atom. The quantitative estimate of drug-likeness (QED) is 0.619. The first kappa shape index (κ1) is 24.4. The minimum atomic E-state index is -3.54. The second-order valence-corrected chi connectivity index (χ2v) is 10.3. The zero-order chi connectivity index (χ0) is 23.8. The predicted molar refractivity (Wildman–Crippen MR) is 126 cm³/mol. The molecule has 0 unspecified atom stereocenters. The van der Waals surface area contributed by atoms with Gasteiger partial charge in [-0.25, -0.2) is 8.42 Å². The highest BCUT2D eigenvalue weighted by Gasteiger charge is 2.23. The highest BCUT2D eigenvalue weighted by Crippen LogP contribution is 2.27. The normalized spacial score (nSPS) is 16.9. The van der Waals surface area contributed by atoms with Gasteiger partial charge in [-0.1, -0.05) is 43.7 Å². The topological polar surface area (TPSA) is 123 Å². The van der Waals surface area contributed by atoms with Crippen LogP contribution in [0.25, 0.3) is 11.1 Å².